The molecule has 6 nitrogen and oxygen atoms in total. The van der Waals surface area contributed by atoms with Gasteiger partial charge < -0.3 is 14.6 Å². The van der Waals surface area contributed by atoms with Crippen LogP contribution in [0.1, 0.15) is 72.7 Å². The van der Waals surface area contributed by atoms with E-state index in [0.717, 1.165) is 56.8 Å². The van der Waals surface area contributed by atoms with E-state index in [4.69, 9.17) is 9.26 Å². The number of hydrogen-bond donors (Lipinski definition) is 1. The van der Waals surface area contributed by atoms with Gasteiger partial charge in [-0.2, -0.15) is 0 Å². The number of aromatic nitrogens is 1. The van der Waals surface area contributed by atoms with E-state index in [1.807, 2.05) is 18.2 Å². The van der Waals surface area contributed by atoms with Gasteiger partial charge in [-0.25, -0.2) is 0 Å². The predicted octanol–water partition coefficient (Wildman–Crippen LogP) is 4.13. The molecule has 1 saturated heterocycles. The van der Waals surface area contributed by atoms with Crippen LogP contribution in [0, 0.1) is 0 Å². The number of hydrogen-bond acceptors (Lipinski definition) is 5. The Labute approximate surface area is 172 Å². The largest absolute Gasteiger partial charge is 0.497 e. The molecule has 2 fully saturated rings. The van der Waals surface area contributed by atoms with Crippen LogP contribution in [0.2, 0.25) is 0 Å². The number of carbonyl (C=O) groups excluding carboxylic acids is 1. The van der Waals surface area contributed by atoms with E-state index in [9.17, 15) is 4.79 Å². The van der Waals surface area contributed by atoms with Gasteiger partial charge in [-0.15, -0.1) is 0 Å². The number of likely N-dealkylation sites (tertiary alicyclic amines) is 1. The molecule has 1 atom stereocenters. The predicted molar refractivity (Wildman–Crippen MR) is 111 cm³/mol. The van der Waals surface area contributed by atoms with E-state index in [-0.39, 0.29) is 11.9 Å². The van der Waals surface area contributed by atoms with Crippen LogP contribution in [0.15, 0.2) is 34.9 Å². The van der Waals surface area contributed by atoms with E-state index in [0.29, 0.717) is 11.7 Å². The Balaban J connectivity index is 1.33. The van der Waals surface area contributed by atoms with E-state index < -0.39 is 0 Å². The standard InChI is InChI=1S/C23H31N3O3/c1-28-20-11-9-17(10-12-20)15-26-13-5-6-18(16-26)21-14-22(29-25-21)23(27)24-19-7-3-2-4-8-19/h9-12,14,18-19H,2-8,13,15-16H2,1H3,(H,24,27)/t18-/m1/s1. The highest BCUT2D eigenvalue weighted by atomic mass is 16.5. The lowest BCUT2D eigenvalue weighted by Crippen LogP contribution is -2.36. The Hall–Kier alpha value is -2.34. The zero-order valence-corrected chi connectivity index (χ0v) is 17.2. The van der Waals surface area contributed by atoms with Gasteiger partial charge in [0.05, 0.1) is 12.8 Å². The second kappa shape index (κ2) is 9.44. The van der Waals surface area contributed by atoms with Crippen molar-refractivity contribution < 1.29 is 14.1 Å². The Morgan fingerprint density at radius 3 is 2.72 bits per heavy atom. The summed E-state index contributed by atoms with van der Waals surface area (Å²) in [5, 5.41) is 7.35. The van der Waals surface area contributed by atoms with Gasteiger partial charge >= 0.3 is 0 Å². The highest BCUT2D eigenvalue weighted by Crippen LogP contribution is 2.28. The highest BCUT2D eigenvalue weighted by molar-refractivity contribution is 5.91. The van der Waals surface area contributed by atoms with Gasteiger partial charge in [0, 0.05) is 31.1 Å². The first kappa shape index (κ1) is 20.0. The van der Waals surface area contributed by atoms with E-state index in [2.05, 4.69) is 27.5 Å². The fourth-order valence-electron chi connectivity index (χ4n) is 4.52. The van der Waals surface area contributed by atoms with Gasteiger partial charge in [-0.3, -0.25) is 9.69 Å². The lowest BCUT2D eigenvalue weighted by molar-refractivity contribution is 0.0890. The molecular formula is C23H31N3O3. The summed E-state index contributed by atoms with van der Waals surface area (Å²) in [7, 11) is 1.69. The molecule has 4 rings (SSSR count). The minimum absolute atomic E-state index is 0.124. The lowest BCUT2D eigenvalue weighted by Gasteiger charge is -2.31. The molecule has 156 valence electrons. The summed E-state index contributed by atoms with van der Waals surface area (Å²) in [5.74, 6) is 1.41. The summed E-state index contributed by atoms with van der Waals surface area (Å²) in [5.41, 5.74) is 2.18. The number of carbonyl (C=O) groups is 1. The third-order valence-electron chi connectivity index (χ3n) is 6.18. The van der Waals surface area contributed by atoms with Crippen LogP contribution < -0.4 is 10.1 Å². The molecule has 1 aliphatic carbocycles. The zero-order chi connectivity index (χ0) is 20.1. The molecule has 0 unspecified atom stereocenters. The molecule has 1 aromatic heterocycles. The number of amides is 1. The first-order valence-electron chi connectivity index (χ1n) is 10.8. The first-order valence-corrected chi connectivity index (χ1v) is 10.8. The molecule has 2 heterocycles. The van der Waals surface area contributed by atoms with Crippen LogP contribution in [-0.4, -0.2) is 42.2 Å². The maximum atomic E-state index is 12.5. The number of ether oxygens (including phenoxy) is 1. The van der Waals surface area contributed by atoms with Crippen molar-refractivity contribution >= 4 is 5.91 Å². The number of benzene rings is 1. The number of methoxy groups -OCH3 is 1. The molecule has 6 heteroatoms. The number of nitrogens with one attached hydrogen (secondary N) is 1. The van der Waals surface area contributed by atoms with Gasteiger partial charge in [0.1, 0.15) is 5.75 Å². The van der Waals surface area contributed by atoms with Crippen molar-refractivity contribution in [3.8, 4) is 5.75 Å². The topological polar surface area (TPSA) is 67.6 Å². The first-order chi connectivity index (χ1) is 14.2. The lowest BCUT2D eigenvalue weighted by atomic mass is 9.94. The smallest absolute Gasteiger partial charge is 0.290 e. The van der Waals surface area contributed by atoms with Crippen LogP contribution in [-0.2, 0) is 6.54 Å². The maximum Gasteiger partial charge on any atom is 0.290 e. The summed E-state index contributed by atoms with van der Waals surface area (Å²) in [6, 6.07) is 10.4. The number of nitrogens with zero attached hydrogens (tertiary/aromatic N) is 2. The van der Waals surface area contributed by atoms with Crippen molar-refractivity contribution in [2.24, 2.45) is 0 Å². The Bertz CT molecular complexity index is 796. The second-order valence-corrected chi connectivity index (χ2v) is 8.35. The van der Waals surface area contributed by atoms with Crippen LogP contribution in [0.4, 0.5) is 0 Å². The Morgan fingerprint density at radius 2 is 1.97 bits per heavy atom. The maximum absolute atomic E-state index is 12.5. The fourth-order valence-corrected chi connectivity index (χ4v) is 4.52. The second-order valence-electron chi connectivity index (χ2n) is 8.35. The van der Waals surface area contributed by atoms with Crippen molar-refractivity contribution in [2.45, 2.75) is 63.5 Å². The SMILES string of the molecule is COc1ccc(CN2CCC[C@@H](c3cc(C(=O)NC4CCCCC4)on3)C2)cc1. The van der Waals surface area contributed by atoms with Crippen LogP contribution >= 0.6 is 0 Å². The average Bonchev–Trinajstić information content (AvgIpc) is 3.26. The molecular weight excluding hydrogens is 366 g/mol. The molecule has 1 saturated carbocycles. The van der Waals surface area contributed by atoms with Crippen molar-refractivity contribution in [3.63, 3.8) is 0 Å². The summed E-state index contributed by atoms with van der Waals surface area (Å²) in [4.78, 5) is 15.0. The molecule has 2 aromatic rings. The summed E-state index contributed by atoms with van der Waals surface area (Å²) in [6.07, 6.45) is 7.99. The van der Waals surface area contributed by atoms with E-state index in [1.165, 1.54) is 24.8 Å². The van der Waals surface area contributed by atoms with Crippen molar-refractivity contribution in [1.82, 2.24) is 15.4 Å². The Morgan fingerprint density at radius 1 is 1.17 bits per heavy atom. The zero-order valence-electron chi connectivity index (χ0n) is 17.2. The molecule has 0 spiro atoms. The van der Waals surface area contributed by atoms with Gasteiger partial charge in [0.25, 0.3) is 5.91 Å². The quantitative estimate of drug-likeness (QED) is 0.794. The Kier molecular flexibility index (Phi) is 6.49. The summed E-state index contributed by atoms with van der Waals surface area (Å²) in [6.45, 7) is 2.92. The summed E-state index contributed by atoms with van der Waals surface area (Å²) < 4.78 is 10.6. The van der Waals surface area contributed by atoms with E-state index >= 15 is 0 Å². The molecule has 1 N–H and O–H groups in total. The average molecular weight is 398 g/mol. The van der Waals surface area contributed by atoms with Crippen LogP contribution in [0.3, 0.4) is 0 Å². The van der Waals surface area contributed by atoms with Crippen molar-refractivity contribution in [2.75, 3.05) is 20.2 Å². The third kappa shape index (κ3) is 5.18. The normalized spacial score (nSPS) is 21.1. The number of rotatable bonds is 6. The van der Waals surface area contributed by atoms with Crippen molar-refractivity contribution in [1.29, 1.82) is 0 Å². The van der Waals surface area contributed by atoms with Crippen LogP contribution in [0.25, 0.3) is 0 Å². The van der Waals surface area contributed by atoms with Gasteiger partial charge in [-0.1, -0.05) is 36.6 Å². The minimum atomic E-state index is -0.124. The molecule has 2 aliphatic rings. The van der Waals surface area contributed by atoms with Crippen LogP contribution in [0.5, 0.6) is 5.75 Å². The van der Waals surface area contributed by atoms with Crippen molar-refractivity contribution in [3.05, 3.63) is 47.3 Å². The third-order valence-corrected chi connectivity index (χ3v) is 6.18. The highest BCUT2D eigenvalue weighted by Gasteiger charge is 2.26. The fraction of sp³-hybridized carbons (Fsp3) is 0.565. The summed E-state index contributed by atoms with van der Waals surface area (Å²) >= 11 is 0. The molecule has 1 aromatic carbocycles. The molecule has 29 heavy (non-hydrogen) atoms. The van der Waals surface area contributed by atoms with Gasteiger partial charge in [0.15, 0.2) is 0 Å². The molecule has 1 aliphatic heterocycles. The molecule has 0 bridgehead atoms. The molecule has 0 radical (unpaired) electrons. The number of piperidine rings is 1. The van der Waals surface area contributed by atoms with E-state index in [1.54, 1.807) is 7.11 Å². The van der Waals surface area contributed by atoms with Gasteiger partial charge in [-0.05, 0) is 49.9 Å². The minimum Gasteiger partial charge on any atom is -0.497 e. The molecule has 1 amide bonds. The monoisotopic (exact) mass is 397 g/mol. The van der Waals surface area contributed by atoms with Gasteiger partial charge in [0.2, 0.25) is 5.76 Å².